The van der Waals surface area contributed by atoms with Gasteiger partial charge in [-0.25, -0.2) is 59.8 Å². The Morgan fingerprint density at radius 2 is 0.462 bits per heavy atom. The number of aryl methyl sites for hydroxylation is 6. The van der Waals surface area contributed by atoms with Gasteiger partial charge in [0.1, 0.15) is 0 Å². The number of halogens is 1. The van der Waals surface area contributed by atoms with E-state index in [1.54, 1.807) is 0 Å². The zero-order chi connectivity index (χ0) is 64.4. The Kier molecular flexibility index (Phi) is 18.1. The van der Waals surface area contributed by atoms with Gasteiger partial charge in [-0.2, -0.15) is 0 Å². The first-order valence-corrected chi connectivity index (χ1v) is 30.6. The molecule has 0 bridgehead atoms. The van der Waals surface area contributed by atoms with Gasteiger partial charge in [-0.1, -0.05) is 140 Å². The van der Waals surface area contributed by atoms with E-state index in [4.69, 9.17) is 80.1 Å². The highest BCUT2D eigenvalue weighted by Gasteiger charge is 2.54. The second-order valence-electron chi connectivity index (χ2n) is 24.8. The monoisotopic (exact) mass is 1220 g/mol. The Morgan fingerprint density at radius 3 is 0.703 bits per heavy atom. The molecule has 11 aromatic rings. The zero-order valence-electron chi connectivity index (χ0n) is 53.8. The van der Waals surface area contributed by atoms with Crippen molar-refractivity contribution < 1.29 is 18.6 Å². The molecule has 13 rings (SSSR count). The van der Waals surface area contributed by atoms with E-state index < -0.39 is 36.6 Å². The van der Waals surface area contributed by atoms with E-state index in [0.29, 0.717) is 51.9 Å². The average Bonchev–Trinajstić information content (AvgIpc) is 1.71. The fourth-order valence-electron chi connectivity index (χ4n) is 10.3. The van der Waals surface area contributed by atoms with Gasteiger partial charge in [-0.15, -0.1) is 0 Å². The molecule has 0 saturated carbocycles. The molecule has 0 radical (unpaired) electrons. The molecular formula is C72H71B2ClN12O4. The van der Waals surface area contributed by atoms with E-state index >= 15 is 0 Å². The van der Waals surface area contributed by atoms with Gasteiger partial charge in [0, 0.05) is 78.7 Å². The van der Waals surface area contributed by atoms with Gasteiger partial charge < -0.3 is 18.6 Å². The third kappa shape index (κ3) is 14.7. The second kappa shape index (κ2) is 26.0. The van der Waals surface area contributed by atoms with Crippen molar-refractivity contribution in [2.45, 2.75) is 119 Å². The first kappa shape index (κ1) is 63.4. The molecule has 0 aliphatic carbocycles. The SMILES string of the molecule is CC1(C)OB(c2cc(B3OC(C)(C)C(C)(C)O3)cc(-c3nc(-c4ccccc4)nc(-c4ccccc4)n3)c2)OC1(C)C.Cc1cc(C)nc(-c2cc(-c3nc(C)cc(C)n3)cc(-c3nc(-c4ccccc4)nc(-c4ccccc4)n3)c2)n1.Cc1cc(C)nc(Cl)n1. The molecular weight excluding hydrogens is 1150 g/mol. The lowest BCUT2D eigenvalue weighted by Crippen LogP contribution is -2.41. The van der Waals surface area contributed by atoms with Crippen molar-refractivity contribution >= 4 is 36.8 Å². The molecule has 0 unspecified atom stereocenters. The molecule has 0 N–H and O–H groups in total. The van der Waals surface area contributed by atoms with E-state index in [2.05, 4.69) is 65.4 Å². The van der Waals surface area contributed by atoms with E-state index in [1.807, 2.05) is 217 Å². The summed E-state index contributed by atoms with van der Waals surface area (Å²) in [5, 5.41) is 0.326. The molecule has 0 spiro atoms. The Hall–Kier alpha value is -9.16. The molecule has 456 valence electrons. The lowest BCUT2D eigenvalue weighted by atomic mass is 9.71. The van der Waals surface area contributed by atoms with Gasteiger partial charge in [-0.05, 0) is 156 Å². The molecule has 2 saturated heterocycles. The van der Waals surface area contributed by atoms with Gasteiger partial charge in [-0.3, -0.25) is 0 Å². The third-order valence-corrected chi connectivity index (χ3v) is 16.5. The summed E-state index contributed by atoms with van der Waals surface area (Å²) in [6.45, 7) is 28.1. The maximum atomic E-state index is 6.47. The lowest BCUT2D eigenvalue weighted by molar-refractivity contribution is 0.00578. The van der Waals surface area contributed by atoms with Crippen LogP contribution < -0.4 is 10.9 Å². The Balaban J connectivity index is 0.000000164. The molecule has 0 amide bonds. The van der Waals surface area contributed by atoms with Gasteiger partial charge >= 0.3 is 14.2 Å². The number of hydrogen-bond donors (Lipinski definition) is 0. The van der Waals surface area contributed by atoms with Crippen molar-refractivity contribution in [1.29, 1.82) is 0 Å². The van der Waals surface area contributed by atoms with Crippen LogP contribution in [0.25, 0.3) is 91.1 Å². The van der Waals surface area contributed by atoms with Crippen LogP contribution in [0, 0.1) is 41.5 Å². The quantitative estimate of drug-likeness (QED) is 0.0927. The first-order chi connectivity index (χ1) is 43.3. The van der Waals surface area contributed by atoms with Crippen molar-refractivity contribution in [2.24, 2.45) is 0 Å². The van der Waals surface area contributed by atoms with E-state index in [9.17, 15) is 0 Å². The topological polar surface area (TPSA) is 192 Å². The van der Waals surface area contributed by atoms with Crippen molar-refractivity contribution in [3.63, 3.8) is 0 Å². The van der Waals surface area contributed by atoms with Crippen LogP contribution in [-0.2, 0) is 18.6 Å². The summed E-state index contributed by atoms with van der Waals surface area (Å²) in [6, 6.07) is 57.8. The largest absolute Gasteiger partial charge is 0.494 e. The fourth-order valence-corrected chi connectivity index (χ4v) is 10.6. The number of aromatic nitrogens is 12. The highest BCUT2D eigenvalue weighted by molar-refractivity contribution is 6.66. The maximum Gasteiger partial charge on any atom is 0.494 e. The highest BCUT2D eigenvalue weighted by Crippen LogP contribution is 2.39. The second-order valence-corrected chi connectivity index (χ2v) is 25.1. The summed E-state index contributed by atoms with van der Waals surface area (Å²) in [4.78, 5) is 56.2. The summed E-state index contributed by atoms with van der Waals surface area (Å²) in [7, 11) is -1.17. The number of hydrogen-bond acceptors (Lipinski definition) is 16. The molecule has 2 fully saturated rings. The van der Waals surface area contributed by atoms with E-state index in [-0.39, 0.29) is 0 Å². The molecule has 91 heavy (non-hydrogen) atoms. The highest BCUT2D eigenvalue weighted by atomic mass is 35.5. The molecule has 19 heteroatoms. The zero-order valence-corrected chi connectivity index (χ0v) is 54.5. The summed E-state index contributed by atoms with van der Waals surface area (Å²) in [5.41, 5.74) is 12.0. The molecule has 16 nitrogen and oxygen atoms in total. The van der Waals surface area contributed by atoms with Gasteiger partial charge in [0.05, 0.1) is 22.4 Å². The van der Waals surface area contributed by atoms with E-state index in [1.165, 1.54) is 0 Å². The van der Waals surface area contributed by atoms with Crippen molar-refractivity contribution in [2.75, 3.05) is 0 Å². The maximum absolute atomic E-state index is 6.47. The summed E-state index contributed by atoms with van der Waals surface area (Å²) < 4.78 is 25.9. The van der Waals surface area contributed by atoms with Gasteiger partial charge in [0.25, 0.3) is 0 Å². The normalized spacial score (nSPS) is 15.1. The molecule has 5 aromatic heterocycles. The summed E-state index contributed by atoms with van der Waals surface area (Å²) in [5.74, 6) is 4.73. The summed E-state index contributed by atoms with van der Waals surface area (Å²) in [6.07, 6.45) is 0. The first-order valence-electron chi connectivity index (χ1n) is 30.2. The van der Waals surface area contributed by atoms with Crippen molar-refractivity contribution in [3.05, 3.63) is 215 Å². The van der Waals surface area contributed by atoms with Gasteiger partial charge in [0.2, 0.25) is 5.28 Å². The molecule has 2 aliphatic rings. The van der Waals surface area contributed by atoms with Crippen molar-refractivity contribution in [1.82, 2.24) is 59.8 Å². The molecule has 0 atom stereocenters. The number of nitrogens with zero attached hydrogens (tertiary/aromatic N) is 12. The van der Waals surface area contributed by atoms with Crippen LogP contribution in [0.2, 0.25) is 5.28 Å². The lowest BCUT2D eigenvalue weighted by Gasteiger charge is -2.32. The predicted octanol–water partition coefficient (Wildman–Crippen LogP) is 14.2. The minimum atomic E-state index is -0.583. The van der Waals surface area contributed by atoms with Crippen LogP contribution in [0.15, 0.2) is 176 Å². The third-order valence-electron chi connectivity index (χ3n) is 16.3. The predicted molar refractivity (Wildman–Crippen MR) is 361 cm³/mol. The smallest absolute Gasteiger partial charge is 0.399 e. The Bertz CT molecular complexity index is 4070. The van der Waals surface area contributed by atoms with Crippen LogP contribution >= 0.6 is 11.6 Å². The summed E-state index contributed by atoms with van der Waals surface area (Å²) >= 11 is 5.53. The van der Waals surface area contributed by atoms with Crippen molar-refractivity contribution in [3.8, 4) is 91.1 Å². The van der Waals surface area contributed by atoms with Crippen LogP contribution in [0.5, 0.6) is 0 Å². The number of benzene rings is 6. The van der Waals surface area contributed by atoms with E-state index in [0.717, 1.165) is 89.6 Å². The van der Waals surface area contributed by atoms with Crippen LogP contribution in [0.3, 0.4) is 0 Å². The van der Waals surface area contributed by atoms with Crippen LogP contribution in [0.4, 0.5) is 0 Å². The minimum absolute atomic E-state index is 0.326. The van der Waals surface area contributed by atoms with Crippen LogP contribution in [0.1, 0.15) is 89.6 Å². The Labute approximate surface area is 538 Å². The number of rotatable bonds is 10. The van der Waals surface area contributed by atoms with Gasteiger partial charge in [0.15, 0.2) is 46.6 Å². The average molecular weight is 1230 g/mol. The fraction of sp³-hybridized carbons (Fsp3) is 0.250. The minimum Gasteiger partial charge on any atom is -0.399 e. The van der Waals surface area contributed by atoms with Crippen LogP contribution in [-0.4, -0.2) is 96.4 Å². The molecule has 7 heterocycles. The Morgan fingerprint density at radius 1 is 0.253 bits per heavy atom. The molecule has 2 aliphatic heterocycles. The standard InChI is InChI=1S/C33H37B2N3O4.C33H27N7.C6H7ClN2/c1-30(2)31(3,4)40-34(39-30)25-19-24(20-26(21-25)35-41-32(5,6)33(7,8)42-35)29-37-27(22-15-11-9-12-16-22)36-28(38-29)23-17-13-10-14-18-23;1-20-15-21(2)35-31(34-20)26-17-27(32-36-22(3)16-23(4)37-32)19-28(18-26)33-39-29(24-11-7-5-8-12-24)38-30(40-33)25-13-9-6-10-14-25;1-4-3-5(2)9-6(7)8-4/h9-21H,1-8H3;5-19H,1-4H3;3H,1-2H3. The molecule has 6 aromatic carbocycles.